The van der Waals surface area contributed by atoms with Gasteiger partial charge < -0.3 is 10.2 Å². The van der Waals surface area contributed by atoms with E-state index in [-0.39, 0.29) is 0 Å². The second-order valence-electron chi connectivity index (χ2n) is 4.42. The number of anilines is 2. The maximum absolute atomic E-state index is 3.45. The molecule has 3 heteroatoms. The van der Waals surface area contributed by atoms with Crippen LogP contribution in [-0.2, 0) is 6.54 Å². The van der Waals surface area contributed by atoms with Crippen molar-refractivity contribution >= 4 is 34.0 Å². The van der Waals surface area contributed by atoms with Gasteiger partial charge >= 0.3 is 0 Å². The van der Waals surface area contributed by atoms with E-state index < -0.39 is 0 Å². The number of nitrogens with zero attached hydrogens (tertiary/aromatic N) is 1. The van der Waals surface area contributed by atoms with E-state index in [1.165, 1.54) is 14.8 Å². The highest BCUT2D eigenvalue weighted by molar-refractivity contribution is 14.1. The van der Waals surface area contributed by atoms with Gasteiger partial charge in [0.15, 0.2) is 0 Å². The van der Waals surface area contributed by atoms with E-state index in [0.29, 0.717) is 0 Å². The van der Waals surface area contributed by atoms with Gasteiger partial charge in [0, 0.05) is 35.6 Å². The Hall–Kier alpha value is -1.23. The minimum Gasteiger partial charge on any atom is -0.381 e. The Labute approximate surface area is 122 Å². The van der Waals surface area contributed by atoms with Crippen molar-refractivity contribution in [3.05, 3.63) is 57.7 Å². The summed E-state index contributed by atoms with van der Waals surface area (Å²) in [4.78, 5) is 2.11. The lowest BCUT2D eigenvalue weighted by Crippen LogP contribution is -2.09. The normalized spacial score (nSPS) is 10.2. The van der Waals surface area contributed by atoms with Crippen LogP contribution in [0.4, 0.5) is 11.4 Å². The molecule has 0 saturated heterocycles. The molecule has 0 amide bonds. The summed E-state index contributed by atoms with van der Waals surface area (Å²) < 4.78 is 1.27. The van der Waals surface area contributed by atoms with E-state index in [1.807, 2.05) is 0 Å². The first-order chi connectivity index (χ1) is 8.65. The van der Waals surface area contributed by atoms with E-state index in [2.05, 4.69) is 95.4 Å². The summed E-state index contributed by atoms with van der Waals surface area (Å²) in [6.07, 6.45) is 0. The second kappa shape index (κ2) is 6.09. The van der Waals surface area contributed by atoms with Crippen molar-refractivity contribution in [3.8, 4) is 0 Å². The van der Waals surface area contributed by atoms with Gasteiger partial charge in [-0.3, -0.25) is 0 Å². The molecule has 0 fully saturated rings. The van der Waals surface area contributed by atoms with Gasteiger partial charge in [0.05, 0.1) is 0 Å². The highest BCUT2D eigenvalue weighted by atomic mass is 127. The maximum Gasteiger partial charge on any atom is 0.0400 e. The topological polar surface area (TPSA) is 15.3 Å². The number of benzene rings is 2. The van der Waals surface area contributed by atoms with Crippen molar-refractivity contribution in [2.45, 2.75) is 6.54 Å². The van der Waals surface area contributed by atoms with Crippen LogP contribution in [0.3, 0.4) is 0 Å². The van der Waals surface area contributed by atoms with Gasteiger partial charge in [-0.15, -0.1) is 0 Å². The van der Waals surface area contributed by atoms with Crippen LogP contribution in [0.5, 0.6) is 0 Å². The highest BCUT2D eigenvalue weighted by Crippen LogP contribution is 2.18. The van der Waals surface area contributed by atoms with Crippen LogP contribution in [0.1, 0.15) is 5.56 Å². The zero-order valence-electron chi connectivity index (χ0n) is 10.7. The predicted octanol–water partition coefficient (Wildman–Crippen LogP) is 3.97. The van der Waals surface area contributed by atoms with E-state index in [4.69, 9.17) is 0 Å². The van der Waals surface area contributed by atoms with Crippen molar-refractivity contribution < 1.29 is 0 Å². The molecule has 0 aliphatic carbocycles. The Morgan fingerprint density at radius 2 is 1.78 bits per heavy atom. The van der Waals surface area contributed by atoms with Crippen molar-refractivity contribution in [1.82, 2.24) is 0 Å². The van der Waals surface area contributed by atoms with Gasteiger partial charge in [0.2, 0.25) is 0 Å². The highest BCUT2D eigenvalue weighted by Gasteiger charge is 1.98. The van der Waals surface area contributed by atoms with Gasteiger partial charge in [-0.2, -0.15) is 0 Å². The van der Waals surface area contributed by atoms with Gasteiger partial charge in [0.1, 0.15) is 0 Å². The average molecular weight is 352 g/mol. The van der Waals surface area contributed by atoms with Crippen molar-refractivity contribution in [1.29, 1.82) is 0 Å². The molecule has 0 aliphatic rings. The van der Waals surface area contributed by atoms with Crippen molar-refractivity contribution in [2.24, 2.45) is 0 Å². The third kappa shape index (κ3) is 3.63. The number of hydrogen-bond donors (Lipinski definition) is 1. The Kier molecular flexibility index (Phi) is 4.47. The first-order valence-corrected chi connectivity index (χ1v) is 6.99. The molecule has 94 valence electrons. The van der Waals surface area contributed by atoms with Crippen molar-refractivity contribution in [3.63, 3.8) is 0 Å². The Bertz CT molecular complexity index is 506. The molecule has 2 aromatic rings. The summed E-state index contributed by atoms with van der Waals surface area (Å²) in [7, 11) is 4.11. The Balaban J connectivity index is 2.01. The molecule has 0 heterocycles. The fourth-order valence-corrected chi connectivity index (χ4v) is 2.06. The lowest BCUT2D eigenvalue weighted by atomic mass is 10.2. The second-order valence-corrected chi connectivity index (χ2v) is 5.67. The van der Waals surface area contributed by atoms with Gasteiger partial charge in [-0.05, 0) is 58.5 Å². The van der Waals surface area contributed by atoms with Crippen LogP contribution in [0.25, 0.3) is 0 Å². The lowest BCUT2D eigenvalue weighted by Gasteiger charge is -2.14. The van der Waals surface area contributed by atoms with Crippen LogP contribution in [0.2, 0.25) is 0 Å². The summed E-state index contributed by atoms with van der Waals surface area (Å²) in [5.41, 5.74) is 3.66. The van der Waals surface area contributed by atoms with E-state index >= 15 is 0 Å². The first kappa shape index (κ1) is 13.2. The Morgan fingerprint density at radius 1 is 1.06 bits per heavy atom. The van der Waals surface area contributed by atoms with Crippen LogP contribution >= 0.6 is 22.6 Å². The quantitative estimate of drug-likeness (QED) is 0.838. The fraction of sp³-hybridized carbons (Fsp3) is 0.200. The predicted molar refractivity (Wildman–Crippen MR) is 87.3 cm³/mol. The number of halogens is 1. The molecule has 0 bridgehead atoms. The van der Waals surface area contributed by atoms with E-state index in [9.17, 15) is 0 Å². The minimum absolute atomic E-state index is 0.855. The van der Waals surface area contributed by atoms with Crippen LogP contribution in [0.15, 0.2) is 48.5 Å². The van der Waals surface area contributed by atoms with Crippen LogP contribution in [0, 0.1) is 3.57 Å². The first-order valence-electron chi connectivity index (χ1n) is 5.91. The zero-order valence-corrected chi connectivity index (χ0v) is 12.8. The summed E-state index contributed by atoms with van der Waals surface area (Å²) in [6.45, 7) is 0.855. The van der Waals surface area contributed by atoms with Gasteiger partial charge in [-0.1, -0.05) is 18.2 Å². The zero-order chi connectivity index (χ0) is 13.0. The SMILES string of the molecule is CN(C)c1cccc(NCc2ccc(I)cc2)c1. The van der Waals surface area contributed by atoms with Crippen LogP contribution in [-0.4, -0.2) is 14.1 Å². The average Bonchev–Trinajstić information content (AvgIpc) is 2.38. The molecule has 0 aromatic heterocycles. The monoisotopic (exact) mass is 352 g/mol. The summed E-state index contributed by atoms with van der Waals surface area (Å²) >= 11 is 2.32. The molecule has 0 radical (unpaired) electrons. The molecule has 0 unspecified atom stereocenters. The molecule has 2 nitrogen and oxygen atoms in total. The largest absolute Gasteiger partial charge is 0.381 e. The van der Waals surface area contributed by atoms with E-state index in [0.717, 1.165) is 12.2 Å². The summed E-state index contributed by atoms with van der Waals surface area (Å²) in [6, 6.07) is 17.0. The fourth-order valence-electron chi connectivity index (χ4n) is 1.70. The van der Waals surface area contributed by atoms with Gasteiger partial charge in [0.25, 0.3) is 0 Å². The molecule has 2 rings (SSSR count). The Morgan fingerprint density at radius 3 is 2.44 bits per heavy atom. The third-order valence-electron chi connectivity index (χ3n) is 2.77. The molecule has 0 spiro atoms. The molecular formula is C15H17IN2. The molecule has 1 N–H and O–H groups in total. The van der Waals surface area contributed by atoms with Crippen molar-refractivity contribution in [2.75, 3.05) is 24.3 Å². The van der Waals surface area contributed by atoms with Crippen LogP contribution < -0.4 is 10.2 Å². The lowest BCUT2D eigenvalue weighted by molar-refractivity contribution is 1.12. The molecule has 18 heavy (non-hydrogen) atoms. The third-order valence-corrected chi connectivity index (χ3v) is 3.49. The summed E-state index contributed by atoms with van der Waals surface area (Å²) in [5.74, 6) is 0. The number of hydrogen-bond acceptors (Lipinski definition) is 2. The standard InChI is InChI=1S/C15H17IN2/c1-18(2)15-5-3-4-14(10-15)17-11-12-6-8-13(16)9-7-12/h3-10,17H,11H2,1-2H3. The smallest absolute Gasteiger partial charge is 0.0400 e. The molecule has 0 aliphatic heterocycles. The van der Waals surface area contributed by atoms with Gasteiger partial charge in [-0.25, -0.2) is 0 Å². The van der Waals surface area contributed by atoms with E-state index in [1.54, 1.807) is 0 Å². The maximum atomic E-state index is 3.45. The minimum atomic E-state index is 0.855. The molecule has 0 atom stereocenters. The summed E-state index contributed by atoms with van der Waals surface area (Å²) in [5, 5.41) is 3.45. The molecular weight excluding hydrogens is 335 g/mol. The number of nitrogens with one attached hydrogen (secondary N) is 1. The number of rotatable bonds is 4. The molecule has 2 aromatic carbocycles. The molecule has 0 saturated carbocycles.